The smallest absolute Gasteiger partial charge is 0.310 e. The molecule has 7 heteroatoms. The van der Waals surface area contributed by atoms with Gasteiger partial charge in [-0.3, -0.25) is 14.4 Å². The van der Waals surface area contributed by atoms with Crippen LogP contribution in [0.25, 0.3) is 10.9 Å². The fraction of sp³-hybridized carbons (Fsp3) is 0.227. The zero-order chi connectivity index (χ0) is 20.4. The van der Waals surface area contributed by atoms with E-state index in [9.17, 15) is 14.4 Å². The number of aromatic amines is 1. The van der Waals surface area contributed by atoms with Gasteiger partial charge in [-0.25, -0.2) is 0 Å². The number of H-pyrrole nitrogens is 1. The largest absolute Gasteiger partial charge is 0.361 e. The maximum absolute atomic E-state index is 12.6. The number of carbonyl (C=O) groups excluding carboxylic acids is 3. The predicted molar refractivity (Wildman–Crippen MR) is 110 cm³/mol. The minimum atomic E-state index is -0.835. The number of anilines is 1. The highest BCUT2D eigenvalue weighted by Crippen LogP contribution is 2.35. The average Bonchev–Trinajstić information content (AvgIpc) is 3.27. The Kier molecular flexibility index (Phi) is 5.03. The number of benzene rings is 2. The van der Waals surface area contributed by atoms with E-state index in [4.69, 9.17) is 0 Å². The van der Waals surface area contributed by atoms with E-state index < -0.39 is 17.9 Å². The second-order valence-electron chi connectivity index (χ2n) is 6.91. The van der Waals surface area contributed by atoms with Gasteiger partial charge < -0.3 is 20.5 Å². The number of fused-ring (bicyclic) bond motifs is 2. The summed E-state index contributed by atoms with van der Waals surface area (Å²) in [6.07, 6.45) is 2.50. The van der Waals surface area contributed by atoms with Crippen molar-refractivity contribution in [2.24, 2.45) is 0 Å². The van der Waals surface area contributed by atoms with Crippen LogP contribution in [0, 0.1) is 0 Å². The molecule has 1 aliphatic heterocycles. The highest BCUT2D eigenvalue weighted by atomic mass is 16.2. The number of likely N-dealkylation sites (N-methyl/N-ethyl adjacent to an activating group) is 1. The van der Waals surface area contributed by atoms with E-state index in [2.05, 4.69) is 15.6 Å². The molecule has 148 valence electrons. The number of aromatic nitrogens is 1. The third-order valence-electron chi connectivity index (χ3n) is 5.20. The Hall–Kier alpha value is -3.61. The van der Waals surface area contributed by atoms with Gasteiger partial charge in [0, 0.05) is 41.4 Å². The summed E-state index contributed by atoms with van der Waals surface area (Å²) < 4.78 is 0. The molecular weight excluding hydrogens is 368 g/mol. The molecule has 2 aromatic carbocycles. The van der Waals surface area contributed by atoms with Crippen molar-refractivity contribution in [3.8, 4) is 0 Å². The number of nitrogens with zero attached hydrogens (tertiary/aromatic N) is 1. The molecule has 0 saturated carbocycles. The van der Waals surface area contributed by atoms with Crippen LogP contribution in [0.3, 0.4) is 0 Å². The van der Waals surface area contributed by atoms with Crippen molar-refractivity contribution in [2.75, 3.05) is 18.0 Å². The quantitative estimate of drug-likeness (QED) is 0.582. The minimum absolute atomic E-state index is 0.228. The molecule has 0 bridgehead atoms. The molecule has 0 aliphatic carbocycles. The third kappa shape index (κ3) is 3.47. The highest BCUT2D eigenvalue weighted by molar-refractivity contribution is 6.35. The first-order valence-corrected chi connectivity index (χ1v) is 9.64. The van der Waals surface area contributed by atoms with Crippen LogP contribution >= 0.6 is 0 Å². The van der Waals surface area contributed by atoms with Gasteiger partial charge in [0.25, 0.3) is 5.91 Å². The number of para-hydroxylation sites is 2. The molecule has 1 aromatic heterocycles. The topological polar surface area (TPSA) is 94.3 Å². The lowest BCUT2D eigenvalue weighted by Gasteiger charge is -2.15. The van der Waals surface area contributed by atoms with Gasteiger partial charge in [0.15, 0.2) is 0 Å². The molecule has 7 nitrogen and oxygen atoms in total. The maximum Gasteiger partial charge on any atom is 0.310 e. The van der Waals surface area contributed by atoms with Crippen molar-refractivity contribution in [3.05, 3.63) is 65.9 Å². The van der Waals surface area contributed by atoms with Crippen LogP contribution in [-0.4, -0.2) is 35.8 Å². The molecule has 3 amide bonds. The van der Waals surface area contributed by atoms with E-state index >= 15 is 0 Å². The Bertz CT molecular complexity index is 1090. The minimum Gasteiger partial charge on any atom is -0.361 e. The Morgan fingerprint density at radius 3 is 2.66 bits per heavy atom. The molecule has 0 fully saturated rings. The van der Waals surface area contributed by atoms with Gasteiger partial charge in [0.05, 0.1) is 0 Å². The molecule has 1 atom stereocenters. The summed E-state index contributed by atoms with van der Waals surface area (Å²) in [7, 11) is 0. The lowest BCUT2D eigenvalue weighted by Crippen LogP contribution is -2.44. The number of rotatable bonds is 5. The molecule has 0 unspecified atom stereocenters. The van der Waals surface area contributed by atoms with E-state index in [-0.39, 0.29) is 5.91 Å². The molecule has 29 heavy (non-hydrogen) atoms. The Balaban J connectivity index is 1.36. The predicted octanol–water partition coefficient (Wildman–Crippen LogP) is 2.05. The van der Waals surface area contributed by atoms with Crippen LogP contribution in [0.15, 0.2) is 54.7 Å². The summed E-state index contributed by atoms with van der Waals surface area (Å²) in [6.45, 7) is 2.69. The molecule has 0 spiro atoms. The Morgan fingerprint density at radius 2 is 1.83 bits per heavy atom. The first-order chi connectivity index (χ1) is 14.1. The molecule has 0 radical (unpaired) electrons. The zero-order valence-electron chi connectivity index (χ0n) is 16.1. The molecule has 2 heterocycles. The first kappa shape index (κ1) is 18.7. The van der Waals surface area contributed by atoms with Crippen LogP contribution in [0.2, 0.25) is 0 Å². The van der Waals surface area contributed by atoms with Crippen molar-refractivity contribution < 1.29 is 14.4 Å². The van der Waals surface area contributed by atoms with Crippen molar-refractivity contribution in [1.29, 1.82) is 0 Å². The molecule has 3 N–H and O–H groups in total. The van der Waals surface area contributed by atoms with Crippen LogP contribution < -0.4 is 15.5 Å². The van der Waals surface area contributed by atoms with Gasteiger partial charge in [-0.1, -0.05) is 36.4 Å². The lowest BCUT2D eigenvalue weighted by atomic mass is 10.1. The molecule has 1 aliphatic rings. The zero-order valence-corrected chi connectivity index (χ0v) is 16.1. The summed E-state index contributed by atoms with van der Waals surface area (Å²) >= 11 is 0. The van der Waals surface area contributed by atoms with Crippen LogP contribution in [0.1, 0.15) is 24.1 Å². The number of hydrogen-bond acceptors (Lipinski definition) is 3. The number of amides is 3. The van der Waals surface area contributed by atoms with Gasteiger partial charge in [-0.05, 0) is 31.0 Å². The van der Waals surface area contributed by atoms with Crippen molar-refractivity contribution in [2.45, 2.75) is 19.4 Å². The summed E-state index contributed by atoms with van der Waals surface area (Å²) in [5, 5.41) is 6.30. The highest BCUT2D eigenvalue weighted by Gasteiger charge is 2.37. The van der Waals surface area contributed by atoms with E-state index in [1.807, 2.05) is 55.6 Å². The summed E-state index contributed by atoms with van der Waals surface area (Å²) in [5.41, 5.74) is 3.58. The van der Waals surface area contributed by atoms with E-state index in [1.54, 1.807) is 11.0 Å². The van der Waals surface area contributed by atoms with Crippen molar-refractivity contribution >= 4 is 34.3 Å². The van der Waals surface area contributed by atoms with Crippen LogP contribution in [-0.2, 0) is 20.8 Å². The maximum atomic E-state index is 12.6. The number of carbonyl (C=O) groups is 3. The second kappa shape index (κ2) is 7.79. The molecular formula is C22H22N4O3. The van der Waals surface area contributed by atoms with E-state index in [0.717, 1.165) is 22.2 Å². The van der Waals surface area contributed by atoms with E-state index in [0.29, 0.717) is 25.1 Å². The van der Waals surface area contributed by atoms with Gasteiger partial charge in [-0.2, -0.15) is 0 Å². The first-order valence-electron chi connectivity index (χ1n) is 9.64. The number of nitrogens with one attached hydrogen (secondary N) is 3. The van der Waals surface area contributed by atoms with Crippen LogP contribution in [0.4, 0.5) is 5.69 Å². The monoisotopic (exact) mass is 390 g/mol. The third-order valence-corrected chi connectivity index (χ3v) is 5.20. The molecule has 3 aromatic rings. The lowest BCUT2D eigenvalue weighted by molar-refractivity contribution is -0.140. The summed E-state index contributed by atoms with van der Waals surface area (Å²) in [5.74, 6) is -1.78. The summed E-state index contributed by atoms with van der Waals surface area (Å²) in [6, 6.07) is 14.4. The molecule has 4 rings (SSSR count). The van der Waals surface area contributed by atoms with Crippen molar-refractivity contribution in [1.82, 2.24) is 15.6 Å². The second-order valence-corrected chi connectivity index (χ2v) is 6.91. The van der Waals surface area contributed by atoms with Crippen molar-refractivity contribution in [3.63, 3.8) is 0 Å². The Morgan fingerprint density at radius 1 is 1.07 bits per heavy atom. The SMILES string of the molecule is CCN1C(=O)[C@H](NC(=O)C(=O)NCCc2c[nH]c3ccccc23)c2ccccc21. The fourth-order valence-corrected chi connectivity index (χ4v) is 3.78. The Labute approximate surface area is 168 Å². The van der Waals surface area contributed by atoms with E-state index in [1.165, 1.54) is 0 Å². The molecule has 0 saturated heterocycles. The van der Waals surface area contributed by atoms with Gasteiger partial charge in [0.2, 0.25) is 0 Å². The summed E-state index contributed by atoms with van der Waals surface area (Å²) in [4.78, 5) is 42.0. The van der Waals surface area contributed by atoms with Gasteiger partial charge in [0.1, 0.15) is 6.04 Å². The van der Waals surface area contributed by atoms with Crippen LogP contribution in [0.5, 0.6) is 0 Å². The normalized spacial score (nSPS) is 15.4. The average molecular weight is 390 g/mol. The number of hydrogen-bond donors (Lipinski definition) is 3. The van der Waals surface area contributed by atoms with Gasteiger partial charge >= 0.3 is 11.8 Å². The van der Waals surface area contributed by atoms with Gasteiger partial charge in [-0.15, -0.1) is 0 Å². The standard InChI is InChI=1S/C22H22N4O3/c1-2-26-18-10-6-4-8-16(18)19(22(26)29)25-21(28)20(27)23-12-11-14-13-24-17-9-5-3-7-15(14)17/h3-10,13,19,24H,2,11-12H2,1H3,(H,23,27)(H,25,28)/t19-/m1/s1. The fourth-order valence-electron chi connectivity index (χ4n) is 3.78.